The average molecular weight is 395 g/mol. The van der Waals surface area contributed by atoms with Gasteiger partial charge in [0.25, 0.3) is 0 Å². The van der Waals surface area contributed by atoms with Crippen LogP contribution in [0.4, 0.5) is 0 Å². The van der Waals surface area contributed by atoms with Crippen LogP contribution in [0.1, 0.15) is 80.6 Å². The van der Waals surface area contributed by atoms with Gasteiger partial charge in [0, 0.05) is 11.1 Å². The number of hydrogen-bond acceptors (Lipinski definition) is 4. The molecule has 166 valence electrons. The van der Waals surface area contributed by atoms with E-state index in [1.165, 1.54) is 19.3 Å². The molecule has 0 aliphatic carbocycles. The minimum absolute atomic E-state index is 0.139. The van der Waals surface area contributed by atoms with Crippen LogP contribution in [0.15, 0.2) is 0 Å². The Morgan fingerprint density at radius 2 is 1.43 bits per heavy atom. The zero-order chi connectivity index (χ0) is 21.5. The molecule has 0 bridgehead atoms. The van der Waals surface area contributed by atoms with E-state index in [1.807, 2.05) is 0 Å². The summed E-state index contributed by atoms with van der Waals surface area (Å²) in [5, 5.41) is 0. The van der Waals surface area contributed by atoms with E-state index in [-0.39, 0.29) is 11.1 Å². The normalized spacial score (nSPS) is 35.7. The average Bonchev–Trinajstić information content (AvgIpc) is 2.60. The number of nitrogens with zero attached hydrogens (tertiary/aromatic N) is 2. The minimum Gasteiger partial charge on any atom is -0.313 e. The van der Waals surface area contributed by atoms with Crippen molar-refractivity contribution in [2.24, 2.45) is 41.1 Å². The minimum atomic E-state index is -0.599. The molecule has 0 radical (unpaired) electrons. The lowest BCUT2D eigenvalue weighted by molar-refractivity contribution is -0.0707. The van der Waals surface area contributed by atoms with Crippen LogP contribution in [0.5, 0.6) is 0 Å². The predicted octanol–water partition coefficient (Wildman–Crippen LogP) is 4.14. The van der Waals surface area contributed by atoms with Crippen LogP contribution in [0.25, 0.3) is 0 Å². The second-order valence-electron chi connectivity index (χ2n) is 11.3. The third kappa shape index (κ3) is 4.17. The number of likely N-dealkylation sites (tertiary alicyclic amines) is 2. The Morgan fingerprint density at radius 1 is 0.929 bits per heavy atom. The standard InChI is InChI=1S/C24H50N4/c1-10-11-12-21(19-13-15-27(8)22(4,5)17(19)2)24(25,26)20-14-16-28(9)23(6,7)18(20)3/h17-21H,10-16,25-26H2,1-9H3. The lowest BCUT2D eigenvalue weighted by atomic mass is 9.58. The monoisotopic (exact) mass is 394 g/mol. The molecule has 0 saturated carbocycles. The smallest absolute Gasteiger partial charge is 0.0701 e. The summed E-state index contributed by atoms with van der Waals surface area (Å²) in [6.45, 7) is 18.9. The molecule has 0 aromatic rings. The maximum absolute atomic E-state index is 7.20. The topological polar surface area (TPSA) is 58.5 Å². The van der Waals surface area contributed by atoms with E-state index in [4.69, 9.17) is 11.5 Å². The molecule has 4 nitrogen and oxygen atoms in total. The van der Waals surface area contributed by atoms with Crippen LogP contribution in [0.3, 0.4) is 0 Å². The number of rotatable bonds is 6. The summed E-state index contributed by atoms with van der Waals surface area (Å²) in [6.07, 6.45) is 5.94. The molecule has 0 aromatic carbocycles. The van der Waals surface area contributed by atoms with Crippen molar-refractivity contribution in [3.8, 4) is 0 Å². The molecule has 0 aromatic heterocycles. The van der Waals surface area contributed by atoms with Crippen LogP contribution < -0.4 is 11.5 Å². The summed E-state index contributed by atoms with van der Waals surface area (Å²) in [5.41, 5.74) is 14.1. The summed E-state index contributed by atoms with van der Waals surface area (Å²) in [5.74, 6) is 2.44. The summed E-state index contributed by atoms with van der Waals surface area (Å²) < 4.78 is 0. The van der Waals surface area contributed by atoms with E-state index in [1.54, 1.807) is 0 Å². The molecule has 4 N–H and O–H groups in total. The number of unbranched alkanes of at least 4 members (excludes halogenated alkanes) is 1. The van der Waals surface area contributed by atoms with Gasteiger partial charge in [-0.3, -0.25) is 0 Å². The van der Waals surface area contributed by atoms with Crippen LogP contribution >= 0.6 is 0 Å². The molecular weight excluding hydrogens is 344 g/mol. The van der Waals surface area contributed by atoms with Crippen molar-refractivity contribution in [2.75, 3.05) is 27.2 Å². The Bertz CT molecular complexity index is 513. The molecule has 28 heavy (non-hydrogen) atoms. The van der Waals surface area contributed by atoms with Crippen LogP contribution in [-0.2, 0) is 0 Å². The zero-order valence-corrected chi connectivity index (χ0v) is 20.4. The second-order valence-corrected chi connectivity index (χ2v) is 11.3. The maximum Gasteiger partial charge on any atom is 0.0701 e. The predicted molar refractivity (Wildman–Crippen MR) is 122 cm³/mol. The van der Waals surface area contributed by atoms with E-state index in [2.05, 4.69) is 72.4 Å². The zero-order valence-electron chi connectivity index (χ0n) is 20.4. The van der Waals surface area contributed by atoms with Crippen LogP contribution in [0.2, 0.25) is 0 Å². The lowest BCUT2D eigenvalue weighted by Gasteiger charge is -2.58. The molecule has 2 fully saturated rings. The fraction of sp³-hybridized carbons (Fsp3) is 1.00. The van der Waals surface area contributed by atoms with Gasteiger partial charge in [-0.15, -0.1) is 0 Å². The van der Waals surface area contributed by atoms with Gasteiger partial charge in [-0.1, -0.05) is 33.6 Å². The molecule has 5 unspecified atom stereocenters. The van der Waals surface area contributed by atoms with Crippen LogP contribution in [-0.4, -0.2) is 53.7 Å². The highest BCUT2D eigenvalue weighted by Crippen LogP contribution is 2.48. The van der Waals surface area contributed by atoms with Crippen molar-refractivity contribution in [1.29, 1.82) is 0 Å². The second kappa shape index (κ2) is 8.53. The number of hydrogen-bond donors (Lipinski definition) is 2. The molecule has 4 heteroatoms. The van der Waals surface area contributed by atoms with Crippen molar-refractivity contribution in [1.82, 2.24) is 9.80 Å². The highest BCUT2D eigenvalue weighted by Gasteiger charge is 2.53. The van der Waals surface area contributed by atoms with Crippen LogP contribution in [0, 0.1) is 29.6 Å². The molecule has 0 amide bonds. The quantitative estimate of drug-likeness (QED) is 0.665. The molecule has 2 rings (SSSR count). The number of nitrogens with two attached hydrogens (primary N) is 2. The third-order valence-electron chi connectivity index (χ3n) is 9.69. The summed E-state index contributed by atoms with van der Waals surface area (Å²) in [7, 11) is 4.52. The molecule has 2 heterocycles. The first-order chi connectivity index (χ1) is 12.8. The largest absolute Gasteiger partial charge is 0.313 e. The Kier molecular flexibility index (Phi) is 7.34. The Balaban J connectivity index is 2.35. The lowest BCUT2D eigenvalue weighted by Crippen LogP contribution is -2.70. The van der Waals surface area contributed by atoms with E-state index in [0.717, 1.165) is 25.9 Å². The fourth-order valence-electron chi connectivity index (χ4n) is 6.23. The first-order valence-corrected chi connectivity index (χ1v) is 11.8. The Labute approximate surface area is 175 Å². The SMILES string of the molecule is CCCCC(C1CCN(C)C(C)(C)C1C)C(N)(N)C1CCN(C)C(C)(C)C1C. The van der Waals surface area contributed by atoms with Gasteiger partial charge >= 0.3 is 0 Å². The maximum atomic E-state index is 7.20. The van der Waals surface area contributed by atoms with Crippen molar-refractivity contribution in [2.45, 2.75) is 97.3 Å². The van der Waals surface area contributed by atoms with Gasteiger partial charge in [0.15, 0.2) is 0 Å². The Morgan fingerprint density at radius 3 is 1.96 bits per heavy atom. The first-order valence-electron chi connectivity index (χ1n) is 11.8. The van der Waals surface area contributed by atoms with Gasteiger partial charge in [0.1, 0.15) is 0 Å². The van der Waals surface area contributed by atoms with Crippen molar-refractivity contribution >= 4 is 0 Å². The molecule has 2 aliphatic heterocycles. The summed E-state index contributed by atoms with van der Waals surface area (Å²) in [4.78, 5) is 5.02. The molecule has 2 aliphatic rings. The van der Waals surface area contributed by atoms with Gasteiger partial charge in [0.05, 0.1) is 5.66 Å². The van der Waals surface area contributed by atoms with E-state index in [9.17, 15) is 0 Å². The first kappa shape index (κ1) is 24.1. The summed E-state index contributed by atoms with van der Waals surface area (Å²) in [6, 6.07) is 0. The van der Waals surface area contributed by atoms with Crippen molar-refractivity contribution in [3.63, 3.8) is 0 Å². The molecule has 0 spiro atoms. The Hall–Kier alpha value is -0.160. The fourth-order valence-corrected chi connectivity index (χ4v) is 6.23. The van der Waals surface area contributed by atoms with Gasteiger partial charge in [-0.2, -0.15) is 0 Å². The van der Waals surface area contributed by atoms with E-state index in [0.29, 0.717) is 29.6 Å². The van der Waals surface area contributed by atoms with Gasteiger partial charge in [-0.25, -0.2) is 0 Å². The van der Waals surface area contributed by atoms with Crippen molar-refractivity contribution < 1.29 is 0 Å². The van der Waals surface area contributed by atoms with E-state index < -0.39 is 5.66 Å². The summed E-state index contributed by atoms with van der Waals surface area (Å²) >= 11 is 0. The highest BCUT2D eigenvalue weighted by molar-refractivity contribution is 5.06. The van der Waals surface area contributed by atoms with Gasteiger partial charge < -0.3 is 21.3 Å². The molecule has 5 atom stereocenters. The molecular formula is C24H50N4. The van der Waals surface area contributed by atoms with E-state index >= 15 is 0 Å². The van der Waals surface area contributed by atoms with Crippen molar-refractivity contribution in [3.05, 3.63) is 0 Å². The third-order valence-corrected chi connectivity index (χ3v) is 9.69. The molecule has 2 saturated heterocycles. The highest BCUT2D eigenvalue weighted by atomic mass is 15.2. The van der Waals surface area contributed by atoms with Gasteiger partial charge in [0.2, 0.25) is 0 Å². The van der Waals surface area contributed by atoms with Gasteiger partial charge in [-0.05, 0) is 104 Å². The number of piperidine rings is 2.